The monoisotopic (exact) mass is 396 g/mol. The number of rotatable bonds is 4. The van der Waals surface area contributed by atoms with Crippen molar-refractivity contribution in [3.63, 3.8) is 0 Å². The van der Waals surface area contributed by atoms with Crippen molar-refractivity contribution in [2.24, 2.45) is 5.92 Å². The van der Waals surface area contributed by atoms with Crippen molar-refractivity contribution in [1.29, 1.82) is 0 Å². The van der Waals surface area contributed by atoms with E-state index in [1.807, 2.05) is 0 Å². The lowest BCUT2D eigenvalue weighted by Crippen LogP contribution is -2.00. The summed E-state index contributed by atoms with van der Waals surface area (Å²) in [4.78, 5) is 0. The molecule has 0 N–H and O–H groups in total. The molecule has 1 atom stereocenters. The minimum atomic E-state index is 0. The van der Waals surface area contributed by atoms with E-state index in [4.69, 9.17) is 0 Å². The summed E-state index contributed by atoms with van der Waals surface area (Å²) < 4.78 is 0. The third kappa shape index (κ3) is 6.32. The number of hydrogen-bond acceptors (Lipinski definition) is 0. The molecule has 0 radical (unpaired) electrons. The molecule has 0 saturated heterocycles. The normalized spacial score (nSPS) is 15.1. The molecule has 0 heteroatoms. The van der Waals surface area contributed by atoms with Gasteiger partial charge in [0.2, 0.25) is 0 Å². The minimum absolute atomic E-state index is 0. The number of hydrogen-bond donors (Lipinski definition) is 0. The highest BCUT2D eigenvalue weighted by Gasteiger charge is 2.22. The van der Waals surface area contributed by atoms with E-state index < -0.39 is 0 Å². The Hall–Kier alpha value is -2.86. The number of allylic oxidation sites excluding steroid dienone is 4. The van der Waals surface area contributed by atoms with Crippen LogP contribution in [-0.2, 0) is 6.42 Å². The maximum atomic E-state index is 2.40. The first-order chi connectivity index (χ1) is 14.0. The van der Waals surface area contributed by atoms with Gasteiger partial charge in [0, 0.05) is 5.92 Å². The number of aryl methyl sites for hydroxylation is 3. The van der Waals surface area contributed by atoms with E-state index in [1.54, 1.807) is 5.57 Å². The van der Waals surface area contributed by atoms with Gasteiger partial charge in [0.25, 0.3) is 0 Å². The minimum Gasteiger partial charge on any atom is -0.0776 e. The Bertz CT molecular complexity index is 958. The summed E-state index contributed by atoms with van der Waals surface area (Å²) in [5.41, 5.74) is 9.96. The van der Waals surface area contributed by atoms with Crippen LogP contribution in [0.1, 0.15) is 49.9 Å². The molecule has 0 spiro atoms. The van der Waals surface area contributed by atoms with Gasteiger partial charge in [-0.25, -0.2) is 0 Å². The summed E-state index contributed by atoms with van der Waals surface area (Å²) in [6.45, 7) is 8.80. The first-order valence-corrected chi connectivity index (χ1v) is 10.6. The van der Waals surface area contributed by atoms with Gasteiger partial charge in [-0.3, -0.25) is 0 Å². The summed E-state index contributed by atoms with van der Waals surface area (Å²) in [6, 6.07) is 30.0. The lowest BCUT2D eigenvalue weighted by atomic mass is 9.89. The third-order valence-electron chi connectivity index (χ3n) is 5.62. The van der Waals surface area contributed by atoms with Crippen LogP contribution in [0.3, 0.4) is 0 Å². The molecule has 1 unspecified atom stereocenters. The van der Waals surface area contributed by atoms with Crippen LogP contribution in [0.5, 0.6) is 0 Å². The van der Waals surface area contributed by atoms with Gasteiger partial charge >= 0.3 is 0 Å². The molecular formula is C30H36. The fraction of sp³-hybridized carbons (Fsp3) is 0.267. The molecule has 0 aliphatic heterocycles. The Morgan fingerprint density at radius 2 is 1.23 bits per heavy atom. The Kier molecular flexibility index (Phi) is 8.87. The first kappa shape index (κ1) is 23.4. The maximum Gasteiger partial charge on any atom is 0.00317 e. The lowest BCUT2D eigenvalue weighted by Gasteiger charge is -2.15. The van der Waals surface area contributed by atoms with Crippen LogP contribution in [0.15, 0.2) is 102 Å². The molecule has 156 valence electrons. The van der Waals surface area contributed by atoms with Gasteiger partial charge in [-0.2, -0.15) is 0 Å². The molecule has 1 aliphatic carbocycles. The summed E-state index contributed by atoms with van der Waals surface area (Å²) in [7, 11) is 0. The quantitative estimate of drug-likeness (QED) is 0.414. The highest BCUT2D eigenvalue weighted by atomic mass is 14.3. The highest BCUT2D eigenvalue weighted by Crippen LogP contribution is 2.39. The van der Waals surface area contributed by atoms with Crippen LogP contribution in [0.2, 0.25) is 0 Å². The van der Waals surface area contributed by atoms with Crippen molar-refractivity contribution in [3.8, 4) is 0 Å². The Morgan fingerprint density at radius 1 is 0.667 bits per heavy atom. The smallest absolute Gasteiger partial charge is 0.00317 e. The molecular weight excluding hydrogens is 360 g/mol. The Balaban J connectivity index is 0.000000302. The second-order valence-corrected chi connectivity index (χ2v) is 8.05. The van der Waals surface area contributed by atoms with Gasteiger partial charge in [0.1, 0.15) is 0 Å². The Morgan fingerprint density at radius 3 is 1.77 bits per heavy atom. The average Bonchev–Trinajstić information content (AvgIpc) is 3.01. The predicted octanol–water partition coefficient (Wildman–Crippen LogP) is 8.61. The SMILES string of the molecule is C.CC1=C(c2ccccc2)C(C)C(CCc2ccccc2)=C1.Cc1cccc(C)c1. The van der Waals surface area contributed by atoms with Crippen LogP contribution < -0.4 is 0 Å². The van der Waals surface area contributed by atoms with Crippen molar-refractivity contribution in [2.45, 2.75) is 48.0 Å². The van der Waals surface area contributed by atoms with Crippen molar-refractivity contribution < 1.29 is 0 Å². The van der Waals surface area contributed by atoms with Gasteiger partial charge in [-0.1, -0.05) is 122 Å². The fourth-order valence-corrected chi connectivity index (χ4v) is 4.13. The van der Waals surface area contributed by atoms with Crippen molar-refractivity contribution >= 4 is 5.57 Å². The first-order valence-electron chi connectivity index (χ1n) is 10.6. The van der Waals surface area contributed by atoms with E-state index in [0.717, 1.165) is 12.8 Å². The molecule has 1 aliphatic rings. The van der Waals surface area contributed by atoms with E-state index in [2.05, 4.69) is 119 Å². The third-order valence-corrected chi connectivity index (χ3v) is 5.62. The zero-order valence-corrected chi connectivity index (χ0v) is 18.2. The second kappa shape index (κ2) is 11.4. The van der Waals surface area contributed by atoms with E-state index in [-0.39, 0.29) is 7.43 Å². The number of benzene rings is 3. The van der Waals surface area contributed by atoms with E-state index in [1.165, 1.54) is 33.4 Å². The Labute approximate surface area is 184 Å². The predicted molar refractivity (Wildman–Crippen MR) is 134 cm³/mol. The fourth-order valence-electron chi connectivity index (χ4n) is 4.13. The zero-order chi connectivity index (χ0) is 20.6. The summed E-state index contributed by atoms with van der Waals surface area (Å²) >= 11 is 0. The largest absolute Gasteiger partial charge is 0.0776 e. The van der Waals surface area contributed by atoms with Gasteiger partial charge in [0.15, 0.2) is 0 Å². The molecule has 0 aromatic heterocycles. The molecule has 0 fully saturated rings. The van der Waals surface area contributed by atoms with E-state index in [9.17, 15) is 0 Å². The summed E-state index contributed by atoms with van der Waals surface area (Å²) in [6.07, 6.45) is 4.68. The van der Waals surface area contributed by atoms with Crippen LogP contribution in [0, 0.1) is 19.8 Å². The lowest BCUT2D eigenvalue weighted by molar-refractivity contribution is 0.800. The summed E-state index contributed by atoms with van der Waals surface area (Å²) in [5.74, 6) is 0.538. The zero-order valence-electron chi connectivity index (χ0n) is 18.2. The van der Waals surface area contributed by atoms with Crippen LogP contribution >= 0.6 is 0 Å². The second-order valence-electron chi connectivity index (χ2n) is 8.05. The van der Waals surface area contributed by atoms with Gasteiger partial charge < -0.3 is 0 Å². The molecule has 0 amide bonds. The van der Waals surface area contributed by atoms with Crippen LogP contribution in [-0.4, -0.2) is 0 Å². The van der Waals surface area contributed by atoms with E-state index >= 15 is 0 Å². The standard InChI is InChI=1S/C21H22.C8H10.CH4/c1-16-15-20(14-13-18-9-5-3-6-10-18)17(2)21(16)19-11-7-4-8-12-19;1-7-4-3-5-8(2)6-7;/h3-12,15,17H,13-14H2,1-2H3;3-6H,1-2H3;1H4. The van der Waals surface area contributed by atoms with Crippen molar-refractivity contribution in [1.82, 2.24) is 0 Å². The molecule has 0 heterocycles. The van der Waals surface area contributed by atoms with Crippen molar-refractivity contribution in [2.75, 3.05) is 0 Å². The molecule has 3 aromatic rings. The summed E-state index contributed by atoms with van der Waals surface area (Å²) in [5, 5.41) is 0. The molecule has 4 rings (SSSR count). The molecule has 30 heavy (non-hydrogen) atoms. The van der Waals surface area contributed by atoms with Crippen LogP contribution in [0.25, 0.3) is 5.57 Å². The average molecular weight is 397 g/mol. The van der Waals surface area contributed by atoms with Gasteiger partial charge in [0.05, 0.1) is 0 Å². The van der Waals surface area contributed by atoms with Gasteiger partial charge in [-0.05, 0) is 55.9 Å². The maximum absolute atomic E-state index is 2.40. The topological polar surface area (TPSA) is 0 Å². The molecule has 0 saturated carbocycles. The molecule has 0 nitrogen and oxygen atoms in total. The van der Waals surface area contributed by atoms with Crippen LogP contribution in [0.4, 0.5) is 0 Å². The highest BCUT2D eigenvalue weighted by molar-refractivity contribution is 5.77. The molecule has 0 bridgehead atoms. The van der Waals surface area contributed by atoms with E-state index in [0.29, 0.717) is 5.92 Å². The van der Waals surface area contributed by atoms with Crippen molar-refractivity contribution in [3.05, 3.63) is 124 Å². The molecule has 3 aromatic carbocycles. The van der Waals surface area contributed by atoms with Gasteiger partial charge in [-0.15, -0.1) is 0 Å².